The van der Waals surface area contributed by atoms with E-state index in [-0.39, 0.29) is 18.7 Å². The second kappa shape index (κ2) is 4.77. The van der Waals surface area contributed by atoms with E-state index in [9.17, 15) is 9.59 Å². The molecule has 0 fully saturated rings. The first-order valence-electron chi connectivity index (χ1n) is 5.90. The number of aromatic nitrogens is 2. The van der Waals surface area contributed by atoms with Crippen LogP contribution in [-0.4, -0.2) is 26.7 Å². The summed E-state index contributed by atoms with van der Waals surface area (Å²) >= 11 is 0. The number of fused-ring (bicyclic) bond motifs is 1. The summed E-state index contributed by atoms with van der Waals surface area (Å²) in [5.41, 5.74) is 5.39. The molecule has 2 heterocycles. The first kappa shape index (κ1) is 12.6. The second-order valence-electron chi connectivity index (χ2n) is 4.11. The second-order valence-corrected chi connectivity index (χ2v) is 4.11. The molecule has 0 aromatic carbocycles. The van der Waals surface area contributed by atoms with Crippen molar-refractivity contribution in [1.29, 1.82) is 0 Å². The SMILES string of the molecule is CCn1c(=O)c2c(n(CCO)c1=O)N=C(N)CC2. The summed E-state index contributed by atoms with van der Waals surface area (Å²) in [7, 11) is 0. The number of hydrogen-bond donors (Lipinski definition) is 2. The lowest BCUT2D eigenvalue weighted by molar-refractivity contribution is 0.272. The van der Waals surface area contributed by atoms with Crippen LogP contribution in [0.3, 0.4) is 0 Å². The number of nitrogens with zero attached hydrogens (tertiary/aromatic N) is 3. The Morgan fingerprint density at radius 2 is 2.06 bits per heavy atom. The van der Waals surface area contributed by atoms with E-state index >= 15 is 0 Å². The Hall–Kier alpha value is -1.89. The fourth-order valence-electron chi connectivity index (χ4n) is 2.12. The van der Waals surface area contributed by atoms with Crippen LogP contribution in [0.5, 0.6) is 0 Å². The third-order valence-corrected chi connectivity index (χ3v) is 3.01. The van der Waals surface area contributed by atoms with Gasteiger partial charge in [-0.2, -0.15) is 0 Å². The minimum absolute atomic E-state index is 0.109. The average Bonchev–Trinajstić information content (AvgIpc) is 2.35. The van der Waals surface area contributed by atoms with E-state index in [0.29, 0.717) is 36.6 Å². The van der Waals surface area contributed by atoms with Crippen LogP contribution >= 0.6 is 0 Å². The van der Waals surface area contributed by atoms with Crippen molar-refractivity contribution in [3.63, 3.8) is 0 Å². The summed E-state index contributed by atoms with van der Waals surface area (Å²) < 4.78 is 2.47. The van der Waals surface area contributed by atoms with Gasteiger partial charge in [-0.1, -0.05) is 0 Å². The normalized spacial score (nSPS) is 14.2. The molecule has 0 atom stereocenters. The standard InChI is InChI=1S/C11H16N4O3/c1-2-14-10(17)7-3-4-8(12)13-9(7)15(5-6-16)11(14)18/h16H,2-6H2,1H3,(H2,12,13). The molecule has 3 N–H and O–H groups in total. The number of nitrogens with two attached hydrogens (primary N) is 1. The summed E-state index contributed by atoms with van der Waals surface area (Å²) in [6, 6.07) is 0. The third kappa shape index (κ3) is 1.86. The van der Waals surface area contributed by atoms with Crippen molar-refractivity contribution in [2.45, 2.75) is 32.9 Å². The Kier molecular flexibility index (Phi) is 3.33. The molecule has 98 valence electrons. The van der Waals surface area contributed by atoms with Gasteiger partial charge >= 0.3 is 5.69 Å². The Bertz CT molecular complexity index is 612. The number of rotatable bonds is 3. The maximum atomic E-state index is 12.1. The van der Waals surface area contributed by atoms with E-state index in [1.807, 2.05) is 0 Å². The van der Waals surface area contributed by atoms with E-state index in [4.69, 9.17) is 10.8 Å². The minimum atomic E-state index is -0.450. The summed E-state index contributed by atoms with van der Waals surface area (Å²) in [5, 5.41) is 9.02. The first-order chi connectivity index (χ1) is 8.60. The van der Waals surface area contributed by atoms with Crippen LogP contribution in [0, 0.1) is 0 Å². The van der Waals surface area contributed by atoms with Gasteiger partial charge in [-0.25, -0.2) is 9.79 Å². The van der Waals surface area contributed by atoms with Gasteiger partial charge in [0.25, 0.3) is 5.56 Å². The van der Waals surface area contributed by atoms with Gasteiger partial charge in [0, 0.05) is 13.0 Å². The molecule has 0 saturated carbocycles. The highest BCUT2D eigenvalue weighted by Gasteiger charge is 2.21. The number of aliphatic imine (C=N–C) groups is 1. The van der Waals surface area contributed by atoms with Gasteiger partial charge in [-0.15, -0.1) is 0 Å². The summed E-state index contributed by atoms with van der Waals surface area (Å²) in [6.07, 6.45) is 0.999. The summed E-state index contributed by atoms with van der Waals surface area (Å²) in [6.45, 7) is 1.95. The molecule has 0 saturated heterocycles. The van der Waals surface area contributed by atoms with E-state index in [1.54, 1.807) is 6.92 Å². The molecule has 7 nitrogen and oxygen atoms in total. The average molecular weight is 252 g/mol. The van der Waals surface area contributed by atoms with E-state index < -0.39 is 5.69 Å². The maximum absolute atomic E-state index is 12.1. The molecule has 1 aromatic rings. The Labute approximate surface area is 103 Å². The van der Waals surface area contributed by atoms with Gasteiger partial charge in [-0.3, -0.25) is 13.9 Å². The van der Waals surface area contributed by atoms with Crippen molar-refractivity contribution in [3.05, 3.63) is 26.4 Å². The molecule has 0 unspecified atom stereocenters. The molecular formula is C11H16N4O3. The molecule has 0 bridgehead atoms. The number of amidine groups is 1. The highest BCUT2D eigenvalue weighted by atomic mass is 16.3. The van der Waals surface area contributed by atoms with Crippen LogP contribution in [0.4, 0.5) is 5.82 Å². The van der Waals surface area contributed by atoms with Crippen LogP contribution in [0.25, 0.3) is 0 Å². The van der Waals surface area contributed by atoms with E-state index in [0.717, 1.165) is 4.57 Å². The Morgan fingerprint density at radius 3 is 2.67 bits per heavy atom. The summed E-state index contributed by atoms with van der Waals surface area (Å²) in [4.78, 5) is 28.3. The van der Waals surface area contributed by atoms with Crippen molar-refractivity contribution in [3.8, 4) is 0 Å². The Morgan fingerprint density at radius 1 is 1.33 bits per heavy atom. The highest BCUT2D eigenvalue weighted by Crippen LogP contribution is 2.20. The fourth-order valence-corrected chi connectivity index (χ4v) is 2.12. The molecular weight excluding hydrogens is 236 g/mol. The monoisotopic (exact) mass is 252 g/mol. The van der Waals surface area contributed by atoms with Gasteiger partial charge in [0.1, 0.15) is 11.7 Å². The quantitative estimate of drug-likeness (QED) is 0.717. The molecule has 0 aliphatic carbocycles. The number of aliphatic hydroxyl groups excluding tert-OH is 1. The van der Waals surface area contributed by atoms with Gasteiger partial charge < -0.3 is 10.8 Å². The van der Waals surface area contributed by atoms with Crippen molar-refractivity contribution >= 4 is 11.7 Å². The number of aliphatic hydroxyl groups is 1. The van der Waals surface area contributed by atoms with Crippen LogP contribution in [0.15, 0.2) is 14.6 Å². The van der Waals surface area contributed by atoms with Crippen LogP contribution in [0.1, 0.15) is 18.9 Å². The molecule has 7 heteroatoms. The van der Waals surface area contributed by atoms with Gasteiger partial charge in [0.2, 0.25) is 0 Å². The lowest BCUT2D eigenvalue weighted by Gasteiger charge is -2.18. The van der Waals surface area contributed by atoms with Gasteiger partial charge in [0.15, 0.2) is 0 Å². The van der Waals surface area contributed by atoms with Gasteiger partial charge in [0.05, 0.1) is 18.7 Å². The molecule has 0 spiro atoms. The molecule has 18 heavy (non-hydrogen) atoms. The molecule has 1 aromatic heterocycles. The van der Waals surface area contributed by atoms with Crippen molar-refractivity contribution in [1.82, 2.24) is 9.13 Å². The zero-order valence-corrected chi connectivity index (χ0v) is 10.2. The molecule has 1 aliphatic heterocycles. The van der Waals surface area contributed by atoms with Crippen LogP contribution < -0.4 is 17.0 Å². The zero-order chi connectivity index (χ0) is 13.3. The van der Waals surface area contributed by atoms with E-state index in [1.165, 1.54) is 4.57 Å². The maximum Gasteiger partial charge on any atom is 0.332 e. The third-order valence-electron chi connectivity index (χ3n) is 3.01. The minimum Gasteiger partial charge on any atom is -0.395 e. The first-order valence-corrected chi connectivity index (χ1v) is 5.90. The highest BCUT2D eigenvalue weighted by molar-refractivity contribution is 5.84. The lowest BCUT2D eigenvalue weighted by Crippen LogP contribution is -2.42. The van der Waals surface area contributed by atoms with Crippen molar-refractivity contribution in [2.75, 3.05) is 6.61 Å². The predicted octanol–water partition coefficient (Wildman–Crippen LogP) is -1.04. The zero-order valence-electron chi connectivity index (χ0n) is 10.2. The molecule has 2 rings (SSSR count). The Balaban J connectivity index is 2.81. The topological polar surface area (TPSA) is 103 Å². The van der Waals surface area contributed by atoms with Crippen LogP contribution in [0.2, 0.25) is 0 Å². The molecule has 0 amide bonds. The van der Waals surface area contributed by atoms with Crippen molar-refractivity contribution < 1.29 is 5.11 Å². The van der Waals surface area contributed by atoms with E-state index in [2.05, 4.69) is 4.99 Å². The van der Waals surface area contributed by atoms with Gasteiger partial charge in [-0.05, 0) is 13.3 Å². The van der Waals surface area contributed by atoms with Crippen molar-refractivity contribution in [2.24, 2.45) is 10.7 Å². The smallest absolute Gasteiger partial charge is 0.332 e. The largest absolute Gasteiger partial charge is 0.395 e. The molecule has 0 radical (unpaired) electrons. The summed E-state index contributed by atoms with van der Waals surface area (Å²) in [5.74, 6) is 0.703. The fraction of sp³-hybridized carbons (Fsp3) is 0.545. The molecule has 1 aliphatic rings. The number of hydrogen-bond acceptors (Lipinski definition) is 5. The predicted molar refractivity (Wildman–Crippen MR) is 67.3 cm³/mol. The van der Waals surface area contributed by atoms with Crippen LogP contribution in [-0.2, 0) is 19.5 Å². The lowest BCUT2D eigenvalue weighted by atomic mass is 10.1.